The van der Waals surface area contributed by atoms with Crippen LogP contribution >= 0.6 is 0 Å². The van der Waals surface area contributed by atoms with Gasteiger partial charge in [0.05, 0.1) is 11.8 Å². The van der Waals surface area contributed by atoms with Crippen LogP contribution in [0.3, 0.4) is 0 Å². The second-order valence-corrected chi connectivity index (χ2v) is 10.2. The first kappa shape index (κ1) is 24.8. The van der Waals surface area contributed by atoms with E-state index in [1.54, 1.807) is 5.01 Å². The van der Waals surface area contributed by atoms with Crippen LogP contribution in [0, 0.1) is 11.7 Å². The first-order valence-corrected chi connectivity index (χ1v) is 12.7. The summed E-state index contributed by atoms with van der Waals surface area (Å²) in [6, 6.07) is 22.4. The highest BCUT2D eigenvalue weighted by Crippen LogP contribution is 2.45. The lowest BCUT2D eigenvalue weighted by molar-refractivity contribution is 0.0681. The van der Waals surface area contributed by atoms with Crippen LogP contribution in [0.4, 0.5) is 15.8 Å². The normalized spacial score (nSPS) is 20.0. The van der Waals surface area contributed by atoms with Crippen LogP contribution < -0.4 is 9.80 Å². The molecule has 37 heavy (non-hydrogen) atoms. The van der Waals surface area contributed by atoms with Gasteiger partial charge in [-0.1, -0.05) is 24.3 Å². The average Bonchev–Trinajstić information content (AvgIpc) is 3.30. The van der Waals surface area contributed by atoms with Crippen molar-refractivity contribution >= 4 is 29.1 Å². The van der Waals surface area contributed by atoms with Crippen LogP contribution in [-0.2, 0) is 0 Å². The maximum Gasteiger partial charge on any atom is 0.274 e. The zero-order chi connectivity index (χ0) is 26.1. The maximum absolute atomic E-state index is 13.7. The van der Waals surface area contributed by atoms with Crippen LogP contribution in [0.25, 0.3) is 6.08 Å². The van der Waals surface area contributed by atoms with Crippen molar-refractivity contribution in [3.05, 3.63) is 101 Å². The number of carbonyl (C=O) groups is 1. The molecule has 0 bridgehead atoms. The third-order valence-corrected chi connectivity index (χ3v) is 7.30. The molecule has 3 aromatic rings. The summed E-state index contributed by atoms with van der Waals surface area (Å²) in [7, 11) is 8.09. The Hall–Kier alpha value is -3.93. The summed E-state index contributed by atoms with van der Waals surface area (Å²) in [5.74, 6) is -0.465. The number of anilines is 2. The first-order chi connectivity index (χ1) is 17.8. The summed E-state index contributed by atoms with van der Waals surface area (Å²) >= 11 is 0. The Bertz CT molecular complexity index is 1330. The fourth-order valence-corrected chi connectivity index (χ4v) is 5.27. The molecule has 0 aromatic heterocycles. The molecule has 1 saturated carbocycles. The van der Waals surface area contributed by atoms with Crippen molar-refractivity contribution < 1.29 is 9.18 Å². The molecular formula is C31H33FN4O. The fraction of sp³-hybridized carbons (Fsp3) is 0.290. The number of nitrogens with zero attached hydrogens (tertiary/aromatic N) is 4. The number of amides is 1. The van der Waals surface area contributed by atoms with E-state index >= 15 is 0 Å². The molecule has 5 nitrogen and oxygen atoms in total. The smallest absolute Gasteiger partial charge is 0.274 e. The van der Waals surface area contributed by atoms with Crippen molar-refractivity contribution in [3.8, 4) is 0 Å². The van der Waals surface area contributed by atoms with Gasteiger partial charge in [-0.15, -0.1) is 0 Å². The number of halogens is 1. The second kappa shape index (κ2) is 10.2. The number of hydrogen-bond donors (Lipinski definition) is 0. The van der Waals surface area contributed by atoms with Crippen LogP contribution in [-0.4, -0.2) is 44.8 Å². The van der Waals surface area contributed by atoms with E-state index in [2.05, 4.69) is 64.4 Å². The van der Waals surface area contributed by atoms with E-state index in [0.29, 0.717) is 5.56 Å². The molecule has 0 N–H and O–H groups in total. The van der Waals surface area contributed by atoms with Crippen molar-refractivity contribution in [3.63, 3.8) is 0 Å². The number of benzene rings is 3. The van der Waals surface area contributed by atoms with Gasteiger partial charge >= 0.3 is 0 Å². The molecule has 5 rings (SSSR count). The number of rotatable bonds is 5. The Morgan fingerprint density at radius 3 is 2.08 bits per heavy atom. The predicted octanol–water partition coefficient (Wildman–Crippen LogP) is 6.39. The molecule has 2 atom stereocenters. The van der Waals surface area contributed by atoms with Crippen molar-refractivity contribution in [2.24, 2.45) is 11.0 Å². The maximum atomic E-state index is 13.7. The lowest BCUT2D eigenvalue weighted by Crippen LogP contribution is -2.32. The molecule has 1 fully saturated rings. The molecule has 1 aliphatic heterocycles. The summed E-state index contributed by atoms with van der Waals surface area (Å²) in [5.41, 5.74) is 7.03. The van der Waals surface area contributed by atoms with E-state index in [1.165, 1.54) is 29.8 Å². The third kappa shape index (κ3) is 5.01. The van der Waals surface area contributed by atoms with Gasteiger partial charge in [0.1, 0.15) is 5.82 Å². The van der Waals surface area contributed by atoms with E-state index in [4.69, 9.17) is 5.10 Å². The highest BCUT2D eigenvalue weighted by atomic mass is 19.1. The molecule has 1 heterocycles. The van der Waals surface area contributed by atoms with Gasteiger partial charge in [-0.05, 0) is 90.6 Å². The fourth-order valence-electron chi connectivity index (χ4n) is 5.27. The minimum absolute atomic E-state index is 0.107. The van der Waals surface area contributed by atoms with E-state index < -0.39 is 0 Å². The van der Waals surface area contributed by atoms with Gasteiger partial charge in [0, 0.05) is 51.0 Å². The van der Waals surface area contributed by atoms with Crippen molar-refractivity contribution in [2.45, 2.75) is 25.3 Å². The highest BCUT2D eigenvalue weighted by Gasteiger charge is 2.44. The Balaban J connectivity index is 1.54. The molecule has 0 unspecified atom stereocenters. The van der Waals surface area contributed by atoms with Gasteiger partial charge in [-0.2, -0.15) is 5.10 Å². The Morgan fingerprint density at radius 2 is 1.49 bits per heavy atom. The summed E-state index contributed by atoms with van der Waals surface area (Å²) in [4.78, 5) is 17.8. The van der Waals surface area contributed by atoms with Gasteiger partial charge in [0.15, 0.2) is 0 Å². The minimum Gasteiger partial charge on any atom is -0.378 e. The topological polar surface area (TPSA) is 39.1 Å². The molecule has 0 spiro atoms. The van der Waals surface area contributed by atoms with E-state index in [0.717, 1.165) is 47.5 Å². The quantitative estimate of drug-likeness (QED) is 0.411. The van der Waals surface area contributed by atoms with Crippen molar-refractivity contribution in [2.75, 3.05) is 38.0 Å². The van der Waals surface area contributed by atoms with Crippen molar-refractivity contribution in [1.29, 1.82) is 0 Å². The number of hydrogen-bond acceptors (Lipinski definition) is 4. The molecule has 0 radical (unpaired) electrons. The summed E-state index contributed by atoms with van der Waals surface area (Å²) in [6.07, 6.45) is 5.14. The molecule has 2 aliphatic rings. The van der Waals surface area contributed by atoms with Crippen LogP contribution in [0.15, 0.2) is 83.5 Å². The number of fused-ring (bicyclic) bond motifs is 1. The van der Waals surface area contributed by atoms with Gasteiger partial charge in [0.2, 0.25) is 0 Å². The number of hydrazone groups is 1. The standard InChI is InChI=1S/C31H33FN4O/c1-34(2)26-16-8-21(9-17-26)20-24-6-5-7-28-29(24)33-36(31(37)23-10-14-25(32)15-11-23)30(28)22-12-18-27(19-13-22)35(3)4/h8-20,28,30H,5-7H2,1-4H3/b24-20+/t28-,30+/m0/s1. The van der Waals surface area contributed by atoms with E-state index in [9.17, 15) is 9.18 Å². The molecule has 1 aliphatic carbocycles. The predicted molar refractivity (Wildman–Crippen MR) is 150 cm³/mol. The SMILES string of the molecule is CN(C)c1ccc(/C=C2\CCC[C@H]3C2=NN(C(=O)c2ccc(F)cc2)[C@@H]3c2ccc(N(C)C)cc2)cc1. The average molecular weight is 497 g/mol. The Kier molecular flexibility index (Phi) is 6.83. The lowest BCUT2D eigenvalue weighted by atomic mass is 9.77. The monoisotopic (exact) mass is 496 g/mol. The van der Waals surface area contributed by atoms with Crippen molar-refractivity contribution in [1.82, 2.24) is 5.01 Å². The summed E-state index contributed by atoms with van der Waals surface area (Å²) in [5, 5.41) is 6.60. The largest absolute Gasteiger partial charge is 0.378 e. The van der Waals surface area contributed by atoms with Gasteiger partial charge < -0.3 is 9.80 Å². The van der Waals surface area contributed by atoms with E-state index in [1.807, 2.05) is 28.2 Å². The van der Waals surface area contributed by atoms with Crippen LogP contribution in [0.1, 0.15) is 46.8 Å². The summed E-state index contributed by atoms with van der Waals surface area (Å²) < 4.78 is 13.6. The second-order valence-electron chi connectivity index (χ2n) is 10.2. The molecule has 3 aromatic carbocycles. The lowest BCUT2D eigenvalue weighted by Gasteiger charge is -2.30. The third-order valence-electron chi connectivity index (χ3n) is 7.30. The van der Waals surface area contributed by atoms with Crippen LogP contribution in [0.5, 0.6) is 0 Å². The number of carbonyl (C=O) groups excluding carboxylic acids is 1. The zero-order valence-corrected chi connectivity index (χ0v) is 21.9. The number of allylic oxidation sites excluding steroid dienone is 1. The molecule has 0 saturated heterocycles. The zero-order valence-electron chi connectivity index (χ0n) is 21.9. The first-order valence-electron chi connectivity index (χ1n) is 12.7. The molecular weight excluding hydrogens is 463 g/mol. The van der Waals surface area contributed by atoms with Gasteiger partial charge in [-0.3, -0.25) is 4.79 Å². The Labute approximate surface area is 218 Å². The molecule has 190 valence electrons. The molecule has 1 amide bonds. The van der Waals surface area contributed by atoms with Gasteiger partial charge in [-0.25, -0.2) is 9.40 Å². The Morgan fingerprint density at radius 1 is 0.892 bits per heavy atom. The minimum atomic E-state index is -0.362. The van der Waals surface area contributed by atoms with Gasteiger partial charge in [0.25, 0.3) is 5.91 Å². The van der Waals surface area contributed by atoms with Crippen LogP contribution in [0.2, 0.25) is 0 Å². The molecule has 6 heteroatoms. The summed E-state index contributed by atoms with van der Waals surface area (Å²) in [6.45, 7) is 0. The highest BCUT2D eigenvalue weighted by molar-refractivity contribution is 6.09. The van der Waals surface area contributed by atoms with E-state index in [-0.39, 0.29) is 23.7 Å².